The van der Waals surface area contributed by atoms with Crippen LogP contribution in [0.4, 0.5) is 0 Å². The molecule has 0 unspecified atom stereocenters. The van der Waals surface area contributed by atoms with Crippen molar-refractivity contribution in [2.45, 2.75) is 13.8 Å². The Hall–Kier alpha value is -2.25. The maximum atomic E-state index is 11.9. The second-order valence-corrected chi connectivity index (χ2v) is 4.65. The molecule has 1 heterocycles. The molecule has 1 aromatic carbocycles. The number of aromatic nitrogens is 1. The summed E-state index contributed by atoms with van der Waals surface area (Å²) < 4.78 is 0.365. The van der Waals surface area contributed by atoms with E-state index in [1.807, 2.05) is 30.3 Å². The Labute approximate surface area is 116 Å². The first-order valence-electron chi connectivity index (χ1n) is 5.79. The van der Waals surface area contributed by atoms with Gasteiger partial charge in [0.2, 0.25) is 0 Å². The van der Waals surface area contributed by atoms with Crippen molar-refractivity contribution in [2.24, 2.45) is 0 Å². The Balaban J connectivity index is 2.95. The molecule has 1 N–H and O–H groups in total. The quantitative estimate of drug-likeness (QED) is 0.666. The van der Waals surface area contributed by atoms with E-state index in [2.05, 4.69) is 11.1 Å². The van der Waals surface area contributed by atoms with E-state index in [1.54, 1.807) is 6.92 Å². The molecule has 0 aliphatic rings. The van der Waals surface area contributed by atoms with Crippen LogP contribution in [0.5, 0.6) is 0 Å². The third-order valence-corrected chi connectivity index (χ3v) is 3.24. The fourth-order valence-corrected chi connectivity index (χ4v) is 2.46. The first-order chi connectivity index (χ1) is 9.06. The summed E-state index contributed by atoms with van der Waals surface area (Å²) >= 11 is 5.18. The molecule has 0 spiro atoms. The normalized spacial score (nSPS) is 9.95. The molecular formula is C15H12N2OS. The van der Waals surface area contributed by atoms with Gasteiger partial charge in [-0.15, -0.1) is 0 Å². The largest absolute Gasteiger partial charge is 0.349 e. The van der Waals surface area contributed by atoms with Crippen molar-refractivity contribution in [3.05, 3.63) is 51.8 Å². The van der Waals surface area contributed by atoms with Crippen LogP contribution in [0, 0.1) is 22.9 Å². The maximum absolute atomic E-state index is 11.9. The van der Waals surface area contributed by atoms with Crippen LogP contribution in [0.1, 0.15) is 28.5 Å². The summed E-state index contributed by atoms with van der Waals surface area (Å²) in [6, 6.07) is 11.5. The highest BCUT2D eigenvalue weighted by Gasteiger charge is 2.18. The number of aromatic amines is 1. The van der Waals surface area contributed by atoms with E-state index in [0.29, 0.717) is 27.0 Å². The fraction of sp³-hybridized carbons (Fsp3) is 0.133. The minimum Gasteiger partial charge on any atom is -0.349 e. The number of nitriles is 1. The Morgan fingerprint density at radius 3 is 2.47 bits per heavy atom. The van der Waals surface area contributed by atoms with E-state index in [1.165, 1.54) is 6.92 Å². The molecule has 1 aromatic heterocycles. The third-order valence-electron chi connectivity index (χ3n) is 2.93. The lowest BCUT2D eigenvalue weighted by Gasteiger charge is -2.12. The van der Waals surface area contributed by atoms with Gasteiger partial charge in [-0.1, -0.05) is 42.5 Å². The van der Waals surface area contributed by atoms with E-state index < -0.39 is 0 Å². The van der Waals surface area contributed by atoms with Crippen molar-refractivity contribution in [1.29, 1.82) is 5.26 Å². The van der Waals surface area contributed by atoms with Crippen molar-refractivity contribution >= 4 is 18.0 Å². The van der Waals surface area contributed by atoms with Gasteiger partial charge in [0.05, 0.1) is 5.56 Å². The van der Waals surface area contributed by atoms with Crippen molar-refractivity contribution in [2.75, 3.05) is 0 Å². The number of aryl methyl sites for hydroxylation is 1. The van der Waals surface area contributed by atoms with Crippen LogP contribution in [0.2, 0.25) is 0 Å². The molecule has 3 nitrogen and oxygen atoms in total. The van der Waals surface area contributed by atoms with E-state index >= 15 is 0 Å². The Morgan fingerprint density at radius 2 is 1.95 bits per heavy atom. The van der Waals surface area contributed by atoms with E-state index in [4.69, 9.17) is 12.2 Å². The number of carbonyl (C=O) groups is 1. The smallest absolute Gasteiger partial charge is 0.162 e. The number of hydrogen-bond donors (Lipinski definition) is 1. The van der Waals surface area contributed by atoms with Gasteiger partial charge in [-0.3, -0.25) is 4.79 Å². The van der Waals surface area contributed by atoms with Crippen LogP contribution in [-0.4, -0.2) is 10.8 Å². The van der Waals surface area contributed by atoms with Gasteiger partial charge >= 0.3 is 0 Å². The summed E-state index contributed by atoms with van der Waals surface area (Å²) in [7, 11) is 0. The molecule has 0 amide bonds. The molecule has 0 bridgehead atoms. The van der Waals surface area contributed by atoms with Gasteiger partial charge in [0.15, 0.2) is 5.78 Å². The fourth-order valence-electron chi connectivity index (χ4n) is 2.16. The molecule has 0 atom stereocenters. The number of rotatable bonds is 2. The number of nitrogens with zero attached hydrogens (tertiary/aromatic N) is 1. The lowest BCUT2D eigenvalue weighted by atomic mass is 9.93. The van der Waals surface area contributed by atoms with Gasteiger partial charge in [0, 0.05) is 16.8 Å². The summed E-state index contributed by atoms with van der Waals surface area (Å²) in [6.07, 6.45) is 0. The molecule has 2 rings (SSSR count). The van der Waals surface area contributed by atoms with Crippen LogP contribution < -0.4 is 0 Å². The van der Waals surface area contributed by atoms with Crippen LogP contribution in [0.15, 0.2) is 30.3 Å². The lowest BCUT2D eigenvalue weighted by Crippen LogP contribution is -2.05. The van der Waals surface area contributed by atoms with E-state index in [9.17, 15) is 10.1 Å². The topological polar surface area (TPSA) is 56.6 Å². The number of Topliss-reactive ketones (excluding diaryl/α,β-unsaturated/α-hetero) is 1. The highest BCUT2D eigenvalue weighted by atomic mass is 32.1. The second kappa shape index (κ2) is 5.17. The van der Waals surface area contributed by atoms with Crippen LogP contribution in [0.3, 0.4) is 0 Å². The molecule has 2 aromatic rings. The van der Waals surface area contributed by atoms with Crippen LogP contribution in [0.25, 0.3) is 11.1 Å². The molecule has 19 heavy (non-hydrogen) atoms. The van der Waals surface area contributed by atoms with Crippen molar-refractivity contribution in [3.8, 4) is 17.2 Å². The van der Waals surface area contributed by atoms with Gasteiger partial charge in [0.1, 0.15) is 10.7 Å². The number of nitrogens with one attached hydrogen (secondary N) is 1. The monoisotopic (exact) mass is 268 g/mol. The first-order valence-corrected chi connectivity index (χ1v) is 6.20. The molecular weight excluding hydrogens is 256 g/mol. The Bertz CT molecular complexity index is 739. The average molecular weight is 268 g/mol. The number of pyridine rings is 1. The summed E-state index contributed by atoms with van der Waals surface area (Å²) in [6.45, 7) is 3.28. The van der Waals surface area contributed by atoms with Gasteiger partial charge in [-0.2, -0.15) is 5.26 Å². The first kappa shape index (κ1) is 13.2. The van der Waals surface area contributed by atoms with Crippen LogP contribution >= 0.6 is 12.2 Å². The number of hydrogen-bond acceptors (Lipinski definition) is 3. The van der Waals surface area contributed by atoms with Gasteiger partial charge in [0.25, 0.3) is 0 Å². The summed E-state index contributed by atoms with van der Waals surface area (Å²) in [5, 5.41) is 9.31. The third kappa shape index (κ3) is 2.33. The zero-order valence-electron chi connectivity index (χ0n) is 10.7. The molecule has 0 radical (unpaired) electrons. The van der Waals surface area contributed by atoms with E-state index in [0.717, 1.165) is 5.56 Å². The second-order valence-electron chi connectivity index (χ2n) is 4.24. The van der Waals surface area contributed by atoms with Crippen LogP contribution in [-0.2, 0) is 0 Å². The van der Waals surface area contributed by atoms with Crippen molar-refractivity contribution in [3.63, 3.8) is 0 Å². The molecule has 0 saturated carbocycles. The molecule has 0 aliphatic heterocycles. The van der Waals surface area contributed by atoms with Crippen molar-refractivity contribution in [1.82, 2.24) is 4.98 Å². The highest BCUT2D eigenvalue weighted by Crippen LogP contribution is 2.29. The lowest BCUT2D eigenvalue weighted by molar-refractivity contribution is 0.101. The summed E-state index contributed by atoms with van der Waals surface area (Å²) in [5.74, 6) is -0.0842. The highest BCUT2D eigenvalue weighted by molar-refractivity contribution is 7.71. The minimum absolute atomic E-state index is 0.0842. The summed E-state index contributed by atoms with van der Waals surface area (Å²) in [4.78, 5) is 14.8. The standard InChI is InChI=1S/C15H12N2OS/c1-9-13(10(2)18)14(11-6-4-3-5-7-11)12(8-16)15(19)17-9/h3-7H,1-2H3,(H,17,19). The number of H-pyrrole nitrogens is 1. The van der Waals surface area contributed by atoms with E-state index in [-0.39, 0.29) is 5.78 Å². The Morgan fingerprint density at radius 1 is 1.32 bits per heavy atom. The van der Waals surface area contributed by atoms with Crippen molar-refractivity contribution < 1.29 is 4.79 Å². The molecule has 94 valence electrons. The van der Waals surface area contributed by atoms with Gasteiger partial charge in [-0.05, 0) is 19.4 Å². The molecule has 4 heteroatoms. The average Bonchev–Trinajstić information content (AvgIpc) is 2.38. The Kier molecular flexibility index (Phi) is 3.59. The minimum atomic E-state index is -0.0842. The van der Waals surface area contributed by atoms with Gasteiger partial charge in [-0.25, -0.2) is 0 Å². The zero-order valence-corrected chi connectivity index (χ0v) is 11.5. The predicted molar refractivity (Wildman–Crippen MR) is 76.5 cm³/mol. The number of ketones is 1. The number of benzene rings is 1. The maximum Gasteiger partial charge on any atom is 0.162 e. The molecule has 0 fully saturated rings. The molecule has 0 aliphatic carbocycles. The predicted octanol–water partition coefficient (Wildman–Crippen LogP) is 3.79. The van der Waals surface area contributed by atoms with Gasteiger partial charge < -0.3 is 4.98 Å². The number of carbonyl (C=O) groups excluding carboxylic acids is 1. The molecule has 0 saturated heterocycles. The SMILES string of the molecule is CC(=O)c1c(C)[nH]c(=S)c(C#N)c1-c1ccccc1. The summed E-state index contributed by atoms with van der Waals surface area (Å²) in [5.41, 5.74) is 3.01. The zero-order chi connectivity index (χ0) is 14.0.